The lowest BCUT2D eigenvalue weighted by molar-refractivity contribution is -0.137. The third-order valence-corrected chi connectivity index (χ3v) is 5.48. The van der Waals surface area contributed by atoms with Gasteiger partial charge in [0.05, 0.1) is 12.2 Å². The molecule has 7 heteroatoms. The molecule has 27 heavy (non-hydrogen) atoms. The zero-order valence-corrected chi connectivity index (χ0v) is 16.2. The van der Waals surface area contributed by atoms with Crippen LogP contribution in [0.25, 0.3) is 0 Å². The van der Waals surface area contributed by atoms with Gasteiger partial charge >= 0.3 is 0 Å². The predicted molar refractivity (Wildman–Crippen MR) is 101 cm³/mol. The zero-order chi connectivity index (χ0) is 19.1. The Morgan fingerprint density at radius 3 is 2.48 bits per heavy atom. The Kier molecular flexibility index (Phi) is 4.30. The molecule has 4 rings (SSSR count). The summed E-state index contributed by atoms with van der Waals surface area (Å²) in [6.45, 7) is 9.63. The van der Waals surface area contributed by atoms with Crippen molar-refractivity contribution >= 4 is 5.91 Å². The van der Waals surface area contributed by atoms with Crippen LogP contribution < -0.4 is 0 Å². The van der Waals surface area contributed by atoms with E-state index in [1.165, 1.54) is 5.56 Å². The van der Waals surface area contributed by atoms with Gasteiger partial charge in [0.25, 0.3) is 0 Å². The van der Waals surface area contributed by atoms with Crippen molar-refractivity contribution < 1.29 is 4.79 Å². The minimum Gasteiger partial charge on any atom is -0.329 e. The average molecular weight is 364 g/mol. The van der Waals surface area contributed by atoms with Gasteiger partial charge in [0.1, 0.15) is 12.6 Å². The Hall–Kier alpha value is -2.96. The summed E-state index contributed by atoms with van der Waals surface area (Å²) in [4.78, 5) is 14.8. The highest BCUT2D eigenvalue weighted by molar-refractivity contribution is 5.81. The van der Waals surface area contributed by atoms with E-state index in [-0.39, 0.29) is 11.9 Å². The lowest BCUT2D eigenvalue weighted by Gasteiger charge is -2.32. The van der Waals surface area contributed by atoms with Crippen LogP contribution in [0.2, 0.25) is 0 Å². The number of hydrogen-bond donors (Lipinski definition) is 0. The standard InChI is InChI=1S/C20H24N6O/c1-13-14(2)23-25(15(13)3)12-19-22-21-18-11-24(20(27)16(4)26(18)19)10-17-8-6-5-7-9-17/h5-9,16H,10-12H2,1-4H3/t16-/m1/s1. The molecule has 1 aliphatic heterocycles. The first-order valence-electron chi connectivity index (χ1n) is 9.21. The van der Waals surface area contributed by atoms with Crippen LogP contribution in [0.1, 0.15) is 47.1 Å². The van der Waals surface area contributed by atoms with Crippen LogP contribution in [0.4, 0.5) is 0 Å². The first-order chi connectivity index (χ1) is 13.0. The zero-order valence-electron chi connectivity index (χ0n) is 16.2. The lowest BCUT2D eigenvalue weighted by Crippen LogP contribution is -2.41. The van der Waals surface area contributed by atoms with Crippen molar-refractivity contribution in [3.05, 3.63) is 64.5 Å². The molecule has 2 aromatic heterocycles. The first kappa shape index (κ1) is 17.5. The molecule has 0 aliphatic carbocycles. The number of amides is 1. The van der Waals surface area contributed by atoms with Gasteiger partial charge in [-0.3, -0.25) is 14.0 Å². The monoisotopic (exact) mass is 364 g/mol. The molecule has 1 atom stereocenters. The van der Waals surface area contributed by atoms with Gasteiger partial charge in [0.15, 0.2) is 11.6 Å². The fourth-order valence-electron chi connectivity index (χ4n) is 3.66. The van der Waals surface area contributed by atoms with Crippen LogP contribution >= 0.6 is 0 Å². The molecular weight excluding hydrogens is 340 g/mol. The Labute approximate surface area is 158 Å². The van der Waals surface area contributed by atoms with E-state index in [4.69, 9.17) is 0 Å². The number of nitrogens with zero attached hydrogens (tertiary/aromatic N) is 6. The molecule has 0 saturated heterocycles. The first-order valence-corrected chi connectivity index (χ1v) is 9.21. The fourth-order valence-corrected chi connectivity index (χ4v) is 3.66. The van der Waals surface area contributed by atoms with Crippen molar-refractivity contribution in [3.8, 4) is 0 Å². The molecule has 0 N–H and O–H groups in total. The van der Waals surface area contributed by atoms with Crippen molar-refractivity contribution in [1.29, 1.82) is 0 Å². The highest BCUT2D eigenvalue weighted by Gasteiger charge is 2.33. The summed E-state index contributed by atoms with van der Waals surface area (Å²) in [5, 5.41) is 13.3. The number of hydrogen-bond acceptors (Lipinski definition) is 4. The van der Waals surface area contributed by atoms with E-state index in [0.29, 0.717) is 19.6 Å². The highest BCUT2D eigenvalue weighted by atomic mass is 16.2. The molecular formula is C20H24N6O. The summed E-state index contributed by atoms with van der Waals surface area (Å²) >= 11 is 0. The van der Waals surface area contributed by atoms with E-state index in [2.05, 4.69) is 29.1 Å². The summed E-state index contributed by atoms with van der Waals surface area (Å²) in [6.07, 6.45) is 0. The van der Waals surface area contributed by atoms with Gasteiger partial charge in [-0.2, -0.15) is 5.10 Å². The second-order valence-electron chi connectivity index (χ2n) is 7.21. The molecule has 0 bridgehead atoms. The number of aryl methyl sites for hydroxylation is 1. The van der Waals surface area contributed by atoms with E-state index < -0.39 is 0 Å². The van der Waals surface area contributed by atoms with Crippen molar-refractivity contribution in [2.45, 2.75) is 53.4 Å². The molecule has 1 aromatic carbocycles. The second-order valence-corrected chi connectivity index (χ2v) is 7.21. The molecule has 0 unspecified atom stereocenters. The summed E-state index contributed by atoms with van der Waals surface area (Å²) in [5.41, 5.74) is 4.44. The number of benzene rings is 1. The summed E-state index contributed by atoms with van der Waals surface area (Å²) in [5.74, 6) is 1.69. The van der Waals surface area contributed by atoms with Gasteiger partial charge in [-0.1, -0.05) is 30.3 Å². The maximum atomic E-state index is 12.9. The Morgan fingerprint density at radius 2 is 1.81 bits per heavy atom. The van der Waals surface area contributed by atoms with Crippen LogP contribution in [0.3, 0.4) is 0 Å². The quantitative estimate of drug-likeness (QED) is 0.713. The number of carbonyl (C=O) groups is 1. The van der Waals surface area contributed by atoms with Crippen LogP contribution in [0.15, 0.2) is 30.3 Å². The SMILES string of the molecule is Cc1nn(Cc2nnc3n2[C@H](C)C(=O)N(Cc2ccccc2)C3)c(C)c1C. The van der Waals surface area contributed by atoms with Crippen molar-refractivity contribution in [2.24, 2.45) is 0 Å². The normalized spacial score (nSPS) is 16.7. The third kappa shape index (κ3) is 3.03. The molecule has 0 saturated carbocycles. The van der Waals surface area contributed by atoms with Gasteiger partial charge in [-0.15, -0.1) is 10.2 Å². The van der Waals surface area contributed by atoms with E-state index in [0.717, 1.165) is 28.6 Å². The van der Waals surface area contributed by atoms with E-state index >= 15 is 0 Å². The Balaban J connectivity index is 1.60. The summed E-state index contributed by atoms with van der Waals surface area (Å²) < 4.78 is 3.91. The molecule has 0 fully saturated rings. The van der Waals surface area contributed by atoms with E-state index in [9.17, 15) is 4.79 Å². The van der Waals surface area contributed by atoms with Crippen molar-refractivity contribution in [1.82, 2.24) is 29.4 Å². The van der Waals surface area contributed by atoms with Gasteiger partial charge < -0.3 is 4.90 Å². The predicted octanol–water partition coefficient (Wildman–Crippen LogP) is 2.55. The van der Waals surface area contributed by atoms with E-state index in [1.54, 1.807) is 0 Å². The molecule has 3 aromatic rings. The van der Waals surface area contributed by atoms with Crippen LogP contribution in [0, 0.1) is 20.8 Å². The summed E-state index contributed by atoms with van der Waals surface area (Å²) in [7, 11) is 0. The number of carbonyl (C=O) groups excluding carboxylic acids is 1. The average Bonchev–Trinajstić information content (AvgIpc) is 3.17. The Bertz CT molecular complexity index is 988. The van der Waals surface area contributed by atoms with Gasteiger partial charge in [-0.05, 0) is 38.8 Å². The van der Waals surface area contributed by atoms with Crippen LogP contribution in [-0.2, 0) is 24.4 Å². The number of aromatic nitrogens is 5. The van der Waals surface area contributed by atoms with Crippen molar-refractivity contribution in [3.63, 3.8) is 0 Å². The maximum Gasteiger partial charge on any atom is 0.246 e. The topological polar surface area (TPSA) is 68.8 Å². The Morgan fingerprint density at radius 1 is 1.07 bits per heavy atom. The number of rotatable bonds is 4. The lowest BCUT2D eigenvalue weighted by atomic mass is 10.1. The highest BCUT2D eigenvalue weighted by Crippen LogP contribution is 2.25. The molecule has 1 aliphatic rings. The largest absolute Gasteiger partial charge is 0.329 e. The molecule has 140 valence electrons. The van der Waals surface area contributed by atoms with Gasteiger partial charge in [-0.25, -0.2) is 0 Å². The second kappa shape index (κ2) is 6.64. The van der Waals surface area contributed by atoms with Crippen LogP contribution in [0.5, 0.6) is 0 Å². The third-order valence-electron chi connectivity index (χ3n) is 5.48. The van der Waals surface area contributed by atoms with E-state index in [1.807, 2.05) is 58.3 Å². The van der Waals surface area contributed by atoms with Gasteiger partial charge in [0.2, 0.25) is 5.91 Å². The molecule has 1 amide bonds. The molecule has 0 spiro atoms. The fraction of sp³-hybridized carbons (Fsp3) is 0.400. The van der Waals surface area contributed by atoms with Crippen molar-refractivity contribution in [2.75, 3.05) is 0 Å². The summed E-state index contributed by atoms with van der Waals surface area (Å²) in [6, 6.07) is 9.71. The smallest absolute Gasteiger partial charge is 0.246 e. The van der Waals surface area contributed by atoms with Crippen LogP contribution in [-0.4, -0.2) is 35.4 Å². The maximum absolute atomic E-state index is 12.9. The molecule has 0 radical (unpaired) electrons. The molecule has 3 heterocycles. The number of fused-ring (bicyclic) bond motifs is 1. The van der Waals surface area contributed by atoms with Gasteiger partial charge in [0, 0.05) is 12.2 Å². The minimum absolute atomic E-state index is 0.0944. The minimum atomic E-state index is -0.319. The molecule has 7 nitrogen and oxygen atoms in total.